The van der Waals surface area contributed by atoms with E-state index < -0.39 is 0 Å². The Hall–Kier alpha value is -2.26. The van der Waals surface area contributed by atoms with Gasteiger partial charge >= 0.3 is 0 Å². The lowest BCUT2D eigenvalue weighted by atomic mass is 10.1. The van der Waals surface area contributed by atoms with Crippen molar-refractivity contribution in [1.29, 1.82) is 0 Å². The van der Waals surface area contributed by atoms with Crippen LogP contribution in [0.25, 0.3) is 11.3 Å². The molecule has 1 N–H and O–H groups in total. The number of rotatable bonds is 5. The number of oxazole rings is 1. The molecule has 0 atom stereocenters. The van der Waals surface area contributed by atoms with Crippen LogP contribution in [0.4, 0.5) is 5.69 Å². The van der Waals surface area contributed by atoms with E-state index in [1.807, 2.05) is 24.3 Å². The summed E-state index contributed by atoms with van der Waals surface area (Å²) >= 11 is 5.99. The normalized spacial score (nSPS) is 10.6. The molecule has 0 radical (unpaired) electrons. The SMILES string of the molecule is CCc1ccc(NCc2ncc(-c3cccc(Cl)c3)o2)cc1. The molecule has 0 saturated carbocycles. The van der Waals surface area contributed by atoms with Crippen molar-refractivity contribution >= 4 is 17.3 Å². The van der Waals surface area contributed by atoms with Crippen molar-refractivity contribution in [3.63, 3.8) is 0 Å². The maximum atomic E-state index is 5.99. The third kappa shape index (κ3) is 3.49. The van der Waals surface area contributed by atoms with E-state index in [0.717, 1.165) is 23.4 Å². The summed E-state index contributed by atoms with van der Waals surface area (Å²) in [6, 6.07) is 15.9. The summed E-state index contributed by atoms with van der Waals surface area (Å²) in [6.45, 7) is 2.69. The maximum absolute atomic E-state index is 5.99. The summed E-state index contributed by atoms with van der Waals surface area (Å²) in [5.74, 6) is 1.37. The van der Waals surface area contributed by atoms with E-state index in [2.05, 4.69) is 41.5 Å². The number of halogens is 1. The average Bonchev–Trinajstić information content (AvgIpc) is 3.02. The molecule has 0 amide bonds. The molecule has 0 bridgehead atoms. The van der Waals surface area contributed by atoms with Gasteiger partial charge in [-0.15, -0.1) is 0 Å². The van der Waals surface area contributed by atoms with Crippen LogP contribution in [0.15, 0.2) is 59.1 Å². The van der Waals surface area contributed by atoms with Crippen LogP contribution in [0.1, 0.15) is 18.4 Å². The Bertz CT molecular complexity index is 750. The maximum Gasteiger partial charge on any atom is 0.214 e. The molecule has 0 aliphatic rings. The van der Waals surface area contributed by atoms with E-state index in [1.54, 1.807) is 6.20 Å². The molecule has 0 fully saturated rings. The molecule has 3 nitrogen and oxygen atoms in total. The van der Waals surface area contributed by atoms with Gasteiger partial charge in [-0.05, 0) is 36.2 Å². The van der Waals surface area contributed by atoms with Crippen molar-refractivity contribution in [3.8, 4) is 11.3 Å². The lowest BCUT2D eigenvalue weighted by Crippen LogP contribution is -1.99. The monoisotopic (exact) mass is 312 g/mol. The van der Waals surface area contributed by atoms with Crippen LogP contribution in [0.2, 0.25) is 5.02 Å². The average molecular weight is 313 g/mol. The van der Waals surface area contributed by atoms with Gasteiger partial charge in [0.05, 0.1) is 12.7 Å². The van der Waals surface area contributed by atoms with Gasteiger partial charge in [-0.2, -0.15) is 0 Å². The lowest BCUT2D eigenvalue weighted by Gasteiger charge is -2.04. The smallest absolute Gasteiger partial charge is 0.214 e. The van der Waals surface area contributed by atoms with Gasteiger partial charge in [0.25, 0.3) is 0 Å². The van der Waals surface area contributed by atoms with Gasteiger partial charge in [0.2, 0.25) is 5.89 Å². The fourth-order valence-corrected chi connectivity index (χ4v) is 2.39. The van der Waals surface area contributed by atoms with E-state index in [-0.39, 0.29) is 0 Å². The number of benzene rings is 2. The Labute approximate surface area is 135 Å². The first-order valence-corrected chi connectivity index (χ1v) is 7.66. The molecular weight excluding hydrogens is 296 g/mol. The van der Waals surface area contributed by atoms with Gasteiger partial charge in [0.1, 0.15) is 0 Å². The molecule has 0 unspecified atom stereocenters. The molecule has 3 aromatic rings. The predicted octanol–water partition coefficient (Wildman–Crippen LogP) is 5.17. The molecule has 22 heavy (non-hydrogen) atoms. The van der Waals surface area contributed by atoms with Crippen LogP contribution in [0.5, 0.6) is 0 Å². The first-order chi connectivity index (χ1) is 10.7. The highest BCUT2D eigenvalue weighted by molar-refractivity contribution is 6.30. The number of anilines is 1. The molecule has 1 heterocycles. The van der Waals surface area contributed by atoms with Crippen LogP contribution in [0, 0.1) is 0 Å². The van der Waals surface area contributed by atoms with Crippen LogP contribution >= 0.6 is 11.6 Å². The van der Waals surface area contributed by atoms with Gasteiger partial charge in [-0.25, -0.2) is 4.98 Å². The van der Waals surface area contributed by atoms with E-state index >= 15 is 0 Å². The van der Waals surface area contributed by atoms with Crippen LogP contribution < -0.4 is 5.32 Å². The summed E-state index contributed by atoms with van der Waals surface area (Å²) in [4.78, 5) is 4.30. The minimum Gasteiger partial charge on any atom is -0.439 e. The molecule has 112 valence electrons. The summed E-state index contributed by atoms with van der Waals surface area (Å²) in [7, 11) is 0. The van der Waals surface area contributed by atoms with Crippen molar-refractivity contribution in [2.75, 3.05) is 5.32 Å². The number of nitrogens with zero attached hydrogens (tertiary/aromatic N) is 1. The van der Waals surface area contributed by atoms with Crippen molar-refractivity contribution in [2.45, 2.75) is 19.9 Å². The first-order valence-electron chi connectivity index (χ1n) is 7.28. The number of hydrogen-bond donors (Lipinski definition) is 1. The summed E-state index contributed by atoms with van der Waals surface area (Å²) in [5.41, 5.74) is 3.31. The molecule has 0 saturated heterocycles. The zero-order valence-electron chi connectivity index (χ0n) is 12.3. The number of nitrogens with one attached hydrogen (secondary N) is 1. The second-order valence-corrected chi connectivity index (χ2v) is 5.47. The molecular formula is C18H17ClN2O. The van der Waals surface area contributed by atoms with E-state index in [0.29, 0.717) is 17.5 Å². The zero-order valence-corrected chi connectivity index (χ0v) is 13.1. The van der Waals surface area contributed by atoms with E-state index in [9.17, 15) is 0 Å². The summed E-state index contributed by atoms with van der Waals surface area (Å²) in [5, 5.41) is 3.99. The third-order valence-electron chi connectivity index (χ3n) is 3.47. The summed E-state index contributed by atoms with van der Waals surface area (Å²) in [6.07, 6.45) is 2.77. The van der Waals surface area contributed by atoms with Crippen LogP contribution in [-0.2, 0) is 13.0 Å². The largest absolute Gasteiger partial charge is 0.439 e. The van der Waals surface area contributed by atoms with Crippen LogP contribution in [0.3, 0.4) is 0 Å². The quantitative estimate of drug-likeness (QED) is 0.706. The van der Waals surface area contributed by atoms with Crippen molar-refractivity contribution < 1.29 is 4.42 Å². The lowest BCUT2D eigenvalue weighted by molar-refractivity contribution is 0.516. The molecule has 4 heteroatoms. The van der Waals surface area contributed by atoms with Gasteiger partial charge in [0.15, 0.2) is 5.76 Å². The van der Waals surface area contributed by atoms with Gasteiger partial charge in [-0.3, -0.25) is 0 Å². The number of aromatic nitrogens is 1. The van der Waals surface area contributed by atoms with Crippen molar-refractivity contribution in [3.05, 3.63) is 71.2 Å². The standard InChI is InChI=1S/C18H17ClN2O/c1-2-13-6-8-16(9-7-13)20-12-18-21-11-17(22-18)14-4-3-5-15(19)10-14/h3-11,20H,2,12H2,1H3. The van der Waals surface area contributed by atoms with Gasteiger partial charge in [-0.1, -0.05) is 42.8 Å². The molecule has 1 aromatic heterocycles. The zero-order chi connectivity index (χ0) is 15.4. The fourth-order valence-electron chi connectivity index (χ4n) is 2.20. The highest BCUT2D eigenvalue weighted by Gasteiger charge is 2.06. The van der Waals surface area contributed by atoms with E-state index in [4.69, 9.17) is 16.0 Å². The molecule has 0 aliphatic heterocycles. The minimum atomic E-state index is 0.548. The van der Waals surface area contributed by atoms with Crippen molar-refractivity contribution in [1.82, 2.24) is 4.98 Å². The molecule has 3 rings (SSSR count). The highest BCUT2D eigenvalue weighted by Crippen LogP contribution is 2.23. The Morgan fingerprint density at radius 2 is 1.95 bits per heavy atom. The summed E-state index contributed by atoms with van der Waals surface area (Å²) < 4.78 is 5.76. The fraction of sp³-hybridized carbons (Fsp3) is 0.167. The second-order valence-electron chi connectivity index (χ2n) is 5.03. The highest BCUT2D eigenvalue weighted by atomic mass is 35.5. The third-order valence-corrected chi connectivity index (χ3v) is 3.70. The van der Waals surface area contributed by atoms with Gasteiger partial charge < -0.3 is 9.73 Å². The first kappa shape index (κ1) is 14.7. The molecule has 0 spiro atoms. The van der Waals surface area contributed by atoms with Crippen LogP contribution in [-0.4, -0.2) is 4.98 Å². The predicted molar refractivity (Wildman–Crippen MR) is 90.1 cm³/mol. The minimum absolute atomic E-state index is 0.548. The topological polar surface area (TPSA) is 38.1 Å². The molecule has 0 aliphatic carbocycles. The molecule has 2 aromatic carbocycles. The number of aryl methyl sites for hydroxylation is 1. The van der Waals surface area contributed by atoms with Crippen molar-refractivity contribution in [2.24, 2.45) is 0 Å². The number of hydrogen-bond acceptors (Lipinski definition) is 3. The van der Waals surface area contributed by atoms with Gasteiger partial charge in [0, 0.05) is 16.3 Å². The van der Waals surface area contributed by atoms with E-state index in [1.165, 1.54) is 5.56 Å². The Kier molecular flexibility index (Phi) is 4.45. The Morgan fingerprint density at radius 1 is 1.14 bits per heavy atom. The Morgan fingerprint density at radius 3 is 2.68 bits per heavy atom. The second kappa shape index (κ2) is 6.67. The Balaban J connectivity index is 1.66.